The van der Waals surface area contributed by atoms with Crippen LogP contribution in [0, 0.1) is 5.41 Å². The van der Waals surface area contributed by atoms with Crippen molar-refractivity contribution in [2.75, 3.05) is 7.11 Å². The summed E-state index contributed by atoms with van der Waals surface area (Å²) < 4.78 is 5.33. The van der Waals surface area contributed by atoms with Crippen LogP contribution < -0.4 is 4.74 Å². The molecule has 23 heavy (non-hydrogen) atoms. The van der Waals surface area contributed by atoms with Crippen molar-refractivity contribution in [2.45, 2.75) is 43.3 Å². The van der Waals surface area contributed by atoms with Crippen molar-refractivity contribution in [3.05, 3.63) is 53.6 Å². The molecule has 2 nitrogen and oxygen atoms in total. The Balaban J connectivity index is 2.13. The van der Waals surface area contributed by atoms with Gasteiger partial charge < -0.3 is 9.84 Å². The Morgan fingerprint density at radius 3 is 2.30 bits per heavy atom. The Hall–Kier alpha value is -1.61. The van der Waals surface area contributed by atoms with Crippen LogP contribution in [0.2, 0.25) is 0 Å². The van der Waals surface area contributed by atoms with E-state index >= 15 is 0 Å². The van der Waals surface area contributed by atoms with E-state index in [1.54, 1.807) is 7.11 Å². The molecule has 0 fully saturated rings. The molecule has 1 atom stereocenters. The highest BCUT2D eigenvalue weighted by Gasteiger charge is 2.53. The van der Waals surface area contributed by atoms with Crippen molar-refractivity contribution in [1.82, 2.24) is 0 Å². The molecule has 0 aliphatic heterocycles. The lowest BCUT2D eigenvalue weighted by Gasteiger charge is -2.39. The number of fused-ring (bicyclic) bond motifs is 1. The van der Waals surface area contributed by atoms with E-state index in [0.29, 0.717) is 5.75 Å². The first-order valence-corrected chi connectivity index (χ1v) is 8.80. The third-order valence-electron chi connectivity index (χ3n) is 5.57. The quantitative estimate of drug-likeness (QED) is 0.801. The van der Waals surface area contributed by atoms with Gasteiger partial charge in [0.25, 0.3) is 0 Å². The predicted molar refractivity (Wildman–Crippen MR) is 96.5 cm³/mol. The lowest BCUT2D eigenvalue weighted by molar-refractivity contribution is 0.220. The highest BCUT2D eigenvalue weighted by atomic mass is 32.2. The summed E-state index contributed by atoms with van der Waals surface area (Å²) in [4.78, 5) is 1.25. The number of hydrogen-bond donors (Lipinski definition) is 1. The first-order valence-electron chi connectivity index (χ1n) is 7.92. The summed E-state index contributed by atoms with van der Waals surface area (Å²) >= 11 is 1.87. The molecule has 0 heterocycles. The van der Waals surface area contributed by atoms with Gasteiger partial charge in [-0.05, 0) is 46.2 Å². The van der Waals surface area contributed by atoms with Gasteiger partial charge in [0.1, 0.15) is 0 Å². The van der Waals surface area contributed by atoms with Crippen molar-refractivity contribution in [1.29, 1.82) is 0 Å². The lowest BCUT2D eigenvalue weighted by atomic mass is 9.68. The number of methoxy groups -OCH3 is 1. The Kier molecular flexibility index (Phi) is 3.88. The average molecular weight is 328 g/mol. The van der Waals surface area contributed by atoms with Crippen LogP contribution in [0.5, 0.6) is 11.5 Å². The average Bonchev–Trinajstić information content (AvgIpc) is 2.65. The van der Waals surface area contributed by atoms with Gasteiger partial charge in [0.2, 0.25) is 0 Å². The van der Waals surface area contributed by atoms with Crippen LogP contribution in [-0.2, 0) is 5.41 Å². The number of benzene rings is 2. The molecule has 0 spiro atoms. The number of rotatable bonds is 3. The molecule has 0 saturated carbocycles. The monoisotopic (exact) mass is 328 g/mol. The standard InChI is InChI=1S/C20H24O2S/c1-19(2)15-12-17(22-5)16(21)11-14(15)18(20(19,3)4)23-13-9-7-6-8-10-13/h6-12,18,21H,1-5H3. The number of thioether (sulfide) groups is 1. The van der Waals surface area contributed by atoms with Crippen LogP contribution in [0.25, 0.3) is 0 Å². The summed E-state index contributed by atoms with van der Waals surface area (Å²) in [6, 6.07) is 14.4. The van der Waals surface area contributed by atoms with Crippen LogP contribution in [-0.4, -0.2) is 12.2 Å². The van der Waals surface area contributed by atoms with Gasteiger partial charge >= 0.3 is 0 Å². The minimum Gasteiger partial charge on any atom is -0.504 e. The normalized spacial score (nSPS) is 21.0. The highest BCUT2D eigenvalue weighted by molar-refractivity contribution is 7.99. The predicted octanol–water partition coefficient (Wildman–Crippen LogP) is 5.55. The molecule has 3 rings (SSSR count). The topological polar surface area (TPSA) is 29.5 Å². The van der Waals surface area contributed by atoms with Gasteiger partial charge in [0, 0.05) is 10.1 Å². The molecule has 1 aliphatic carbocycles. The van der Waals surface area contributed by atoms with Gasteiger partial charge in [-0.1, -0.05) is 45.9 Å². The zero-order valence-corrected chi connectivity index (χ0v) is 15.2. The Labute approximate surface area is 142 Å². The van der Waals surface area contributed by atoms with Crippen LogP contribution in [0.3, 0.4) is 0 Å². The molecule has 0 bridgehead atoms. The first kappa shape index (κ1) is 16.3. The highest BCUT2D eigenvalue weighted by Crippen LogP contribution is 2.64. The molecule has 0 amide bonds. The Bertz CT molecular complexity index is 720. The maximum atomic E-state index is 10.3. The second-order valence-corrected chi connectivity index (χ2v) is 8.45. The van der Waals surface area contributed by atoms with Crippen LogP contribution in [0.15, 0.2) is 47.4 Å². The van der Waals surface area contributed by atoms with E-state index in [1.807, 2.05) is 30.0 Å². The maximum absolute atomic E-state index is 10.3. The molecular weight excluding hydrogens is 304 g/mol. The summed E-state index contributed by atoms with van der Waals surface area (Å²) in [5.41, 5.74) is 2.53. The SMILES string of the molecule is COc1cc2c(cc1O)C(Sc1ccccc1)C(C)(C)C2(C)C. The molecule has 3 heteroatoms. The Morgan fingerprint density at radius 1 is 1.04 bits per heavy atom. The van der Waals surface area contributed by atoms with E-state index in [2.05, 4.69) is 52.0 Å². The second kappa shape index (κ2) is 5.48. The zero-order chi connectivity index (χ0) is 16.8. The number of phenols is 1. The van der Waals surface area contributed by atoms with Gasteiger partial charge in [-0.25, -0.2) is 0 Å². The molecule has 2 aromatic carbocycles. The lowest BCUT2D eigenvalue weighted by Crippen LogP contribution is -2.33. The fourth-order valence-electron chi connectivity index (χ4n) is 3.42. The Morgan fingerprint density at radius 2 is 1.70 bits per heavy atom. The third kappa shape index (κ3) is 2.42. The van der Waals surface area contributed by atoms with Crippen molar-refractivity contribution in [3.8, 4) is 11.5 Å². The van der Waals surface area contributed by atoms with E-state index in [1.165, 1.54) is 16.0 Å². The molecule has 0 radical (unpaired) electrons. The fraction of sp³-hybridized carbons (Fsp3) is 0.400. The van der Waals surface area contributed by atoms with Crippen molar-refractivity contribution >= 4 is 11.8 Å². The van der Waals surface area contributed by atoms with Crippen LogP contribution >= 0.6 is 11.8 Å². The summed E-state index contributed by atoms with van der Waals surface area (Å²) in [6.07, 6.45) is 0. The molecule has 122 valence electrons. The van der Waals surface area contributed by atoms with E-state index in [9.17, 15) is 5.11 Å². The van der Waals surface area contributed by atoms with E-state index in [4.69, 9.17) is 4.74 Å². The molecule has 0 saturated heterocycles. The van der Waals surface area contributed by atoms with Gasteiger partial charge in [0.05, 0.1) is 7.11 Å². The summed E-state index contributed by atoms with van der Waals surface area (Å²) in [5.74, 6) is 0.774. The fourth-order valence-corrected chi connectivity index (χ4v) is 4.91. The largest absolute Gasteiger partial charge is 0.504 e. The number of hydrogen-bond acceptors (Lipinski definition) is 3. The molecule has 0 aromatic heterocycles. The summed E-state index contributed by atoms with van der Waals surface area (Å²) in [5, 5.41) is 10.5. The summed E-state index contributed by atoms with van der Waals surface area (Å²) in [6.45, 7) is 9.20. The van der Waals surface area contributed by atoms with Crippen molar-refractivity contribution in [3.63, 3.8) is 0 Å². The van der Waals surface area contributed by atoms with Gasteiger partial charge in [-0.15, -0.1) is 11.8 Å². The second-order valence-electron chi connectivity index (χ2n) is 7.27. The molecule has 1 unspecified atom stereocenters. The van der Waals surface area contributed by atoms with Crippen LogP contribution in [0.4, 0.5) is 0 Å². The van der Waals surface area contributed by atoms with E-state index in [-0.39, 0.29) is 21.8 Å². The molecule has 1 aliphatic rings. The van der Waals surface area contributed by atoms with Gasteiger partial charge in [-0.2, -0.15) is 0 Å². The van der Waals surface area contributed by atoms with Crippen LogP contribution in [0.1, 0.15) is 44.1 Å². The smallest absolute Gasteiger partial charge is 0.160 e. The minimum atomic E-state index is -0.00421. The van der Waals surface area contributed by atoms with E-state index < -0.39 is 0 Å². The van der Waals surface area contributed by atoms with Gasteiger partial charge in [0.15, 0.2) is 11.5 Å². The van der Waals surface area contributed by atoms with Gasteiger partial charge in [-0.3, -0.25) is 0 Å². The first-order chi connectivity index (χ1) is 10.8. The molecule has 1 N–H and O–H groups in total. The number of aromatic hydroxyl groups is 1. The van der Waals surface area contributed by atoms with E-state index in [0.717, 1.165) is 0 Å². The zero-order valence-electron chi connectivity index (χ0n) is 14.4. The van der Waals surface area contributed by atoms with Crippen molar-refractivity contribution in [2.24, 2.45) is 5.41 Å². The van der Waals surface area contributed by atoms with Crippen molar-refractivity contribution < 1.29 is 9.84 Å². The number of phenolic OH excluding ortho intramolecular Hbond substituents is 1. The molecular formula is C20H24O2S. The number of ether oxygens (including phenoxy) is 1. The minimum absolute atomic E-state index is 0.00421. The molecule has 2 aromatic rings. The third-order valence-corrected chi connectivity index (χ3v) is 7.19. The maximum Gasteiger partial charge on any atom is 0.160 e. The summed E-state index contributed by atoms with van der Waals surface area (Å²) in [7, 11) is 1.60.